The Bertz CT molecular complexity index is 541. The molecule has 0 radical (unpaired) electrons. The molecule has 2 N–H and O–H groups in total. The van der Waals surface area contributed by atoms with Crippen molar-refractivity contribution in [2.75, 3.05) is 0 Å². The number of carboxylic acid groups (broad SMARTS) is 1. The normalized spacial score (nSPS) is 17.2. The average molecular weight is 307 g/mol. The molecule has 0 atom stereocenters. The van der Waals surface area contributed by atoms with Gasteiger partial charge in [0.1, 0.15) is 0 Å². The molecule has 1 amide bonds. The first-order valence-corrected chi connectivity index (χ1v) is 8.15. The van der Waals surface area contributed by atoms with Crippen molar-refractivity contribution >= 4 is 29.3 Å². The Morgan fingerprint density at radius 3 is 2.71 bits per heavy atom. The third-order valence-electron chi connectivity index (χ3n) is 4.21. The Morgan fingerprint density at radius 1 is 1.38 bits per heavy atom. The molecule has 4 nitrogen and oxygen atoms in total. The van der Waals surface area contributed by atoms with Crippen molar-refractivity contribution in [3.05, 3.63) is 28.0 Å². The second-order valence-corrected chi connectivity index (χ2v) is 6.70. The summed E-state index contributed by atoms with van der Waals surface area (Å²) >= 11 is 1.50. The van der Waals surface area contributed by atoms with Gasteiger partial charge in [-0.2, -0.15) is 0 Å². The van der Waals surface area contributed by atoms with Gasteiger partial charge in [0, 0.05) is 21.2 Å². The van der Waals surface area contributed by atoms with Gasteiger partial charge in [-0.3, -0.25) is 4.79 Å². The highest BCUT2D eigenvalue weighted by atomic mass is 32.1. The zero-order valence-corrected chi connectivity index (χ0v) is 13.0. The maximum Gasteiger partial charge on any atom is 0.328 e. The summed E-state index contributed by atoms with van der Waals surface area (Å²) in [5.41, 5.74) is -0.163. The van der Waals surface area contributed by atoms with Crippen LogP contribution in [0, 0.1) is 5.41 Å². The van der Waals surface area contributed by atoms with Gasteiger partial charge in [-0.25, -0.2) is 4.79 Å². The van der Waals surface area contributed by atoms with Crippen molar-refractivity contribution in [2.24, 2.45) is 5.41 Å². The lowest BCUT2D eigenvalue weighted by Crippen LogP contribution is -2.38. The molecule has 1 fully saturated rings. The van der Waals surface area contributed by atoms with E-state index in [2.05, 4.69) is 12.2 Å². The summed E-state index contributed by atoms with van der Waals surface area (Å²) < 4.78 is 0. The molecular weight excluding hydrogens is 286 g/mol. The van der Waals surface area contributed by atoms with Gasteiger partial charge in [0.25, 0.3) is 0 Å². The summed E-state index contributed by atoms with van der Waals surface area (Å²) in [6.07, 6.45) is 7.87. The highest BCUT2D eigenvalue weighted by Crippen LogP contribution is 2.41. The molecule has 5 heteroatoms. The lowest BCUT2D eigenvalue weighted by Gasteiger charge is -2.25. The molecule has 0 saturated heterocycles. The van der Waals surface area contributed by atoms with Gasteiger partial charge in [0.05, 0.1) is 6.54 Å². The standard InChI is InChI=1S/C16H21NO3S/c1-2-16(9-3-4-10-16)15(20)17-11-13-6-5-12(21-13)7-8-14(18)19/h5-8H,2-4,9-11H2,1H3,(H,17,20)(H,18,19)/b8-7+. The molecule has 1 heterocycles. The summed E-state index contributed by atoms with van der Waals surface area (Å²) in [6.45, 7) is 2.61. The first kappa shape index (κ1) is 15.8. The van der Waals surface area contributed by atoms with Crippen LogP contribution < -0.4 is 5.32 Å². The van der Waals surface area contributed by atoms with E-state index in [9.17, 15) is 9.59 Å². The monoisotopic (exact) mass is 307 g/mol. The quantitative estimate of drug-likeness (QED) is 0.791. The summed E-state index contributed by atoms with van der Waals surface area (Å²) in [5, 5.41) is 11.6. The van der Waals surface area contributed by atoms with Gasteiger partial charge >= 0.3 is 5.97 Å². The molecule has 1 aliphatic rings. The summed E-state index contributed by atoms with van der Waals surface area (Å²) in [6, 6.07) is 3.80. The second-order valence-electron chi connectivity index (χ2n) is 5.50. The van der Waals surface area contributed by atoms with Crippen LogP contribution in [0.4, 0.5) is 0 Å². The fourth-order valence-electron chi connectivity index (χ4n) is 2.88. The van der Waals surface area contributed by atoms with Gasteiger partial charge in [0.2, 0.25) is 5.91 Å². The van der Waals surface area contributed by atoms with Crippen LogP contribution in [0.3, 0.4) is 0 Å². The maximum atomic E-state index is 12.4. The van der Waals surface area contributed by atoms with Crippen molar-refractivity contribution in [1.29, 1.82) is 0 Å². The first-order chi connectivity index (χ1) is 10.1. The highest BCUT2D eigenvalue weighted by molar-refractivity contribution is 7.12. The van der Waals surface area contributed by atoms with Gasteiger partial charge in [0.15, 0.2) is 0 Å². The van der Waals surface area contributed by atoms with Gasteiger partial charge in [-0.1, -0.05) is 19.8 Å². The second kappa shape index (κ2) is 6.89. The van der Waals surface area contributed by atoms with E-state index in [1.807, 2.05) is 12.1 Å². The zero-order chi connectivity index (χ0) is 15.3. The van der Waals surface area contributed by atoms with Crippen molar-refractivity contribution in [3.8, 4) is 0 Å². The van der Waals surface area contributed by atoms with Crippen molar-refractivity contribution in [3.63, 3.8) is 0 Å². The smallest absolute Gasteiger partial charge is 0.328 e. The molecular formula is C16H21NO3S. The number of carbonyl (C=O) groups excluding carboxylic acids is 1. The summed E-state index contributed by atoms with van der Waals surface area (Å²) in [7, 11) is 0. The number of rotatable bonds is 6. The lowest BCUT2D eigenvalue weighted by atomic mass is 9.82. The van der Waals surface area contributed by atoms with Crippen LogP contribution in [0.1, 0.15) is 48.8 Å². The molecule has 0 aromatic carbocycles. The largest absolute Gasteiger partial charge is 0.478 e. The molecule has 0 spiro atoms. The Morgan fingerprint density at radius 2 is 2.10 bits per heavy atom. The lowest BCUT2D eigenvalue weighted by molar-refractivity contribution is -0.132. The van der Waals surface area contributed by atoms with Crippen LogP contribution in [0.2, 0.25) is 0 Å². The van der Waals surface area contributed by atoms with E-state index in [4.69, 9.17) is 5.11 Å². The van der Waals surface area contributed by atoms with Crippen LogP contribution >= 0.6 is 11.3 Å². The third kappa shape index (κ3) is 3.94. The number of nitrogens with one attached hydrogen (secondary N) is 1. The maximum absolute atomic E-state index is 12.4. The molecule has 1 aliphatic carbocycles. The van der Waals surface area contributed by atoms with Crippen molar-refractivity contribution in [1.82, 2.24) is 5.32 Å². The average Bonchev–Trinajstić information content (AvgIpc) is 3.12. The van der Waals surface area contributed by atoms with Gasteiger partial charge in [-0.15, -0.1) is 11.3 Å². The van der Waals surface area contributed by atoms with Crippen LogP contribution in [0.25, 0.3) is 6.08 Å². The molecule has 2 rings (SSSR count). The number of amides is 1. The fourth-order valence-corrected chi connectivity index (χ4v) is 3.74. The van der Waals surface area contributed by atoms with Gasteiger partial charge < -0.3 is 10.4 Å². The number of aliphatic carboxylic acids is 1. The zero-order valence-electron chi connectivity index (χ0n) is 12.2. The Balaban J connectivity index is 1.91. The minimum absolute atomic E-state index is 0.163. The van der Waals surface area contributed by atoms with E-state index < -0.39 is 5.97 Å². The first-order valence-electron chi connectivity index (χ1n) is 7.34. The summed E-state index contributed by atoms with van der Waals surface area (Å²) in [4.78, 5) is 24.8. The Kier molecular flexibility index (Phi) is 5.17. The van der Waals surface area contributed by atoms with Crippen LogP contribution in [-0.4, -0.2) is 17.0 Å². The number of carboxylic acids is 1. The molecule has 0 bridgehead atoms. The molecule has 1 saturated carbocycles. The summed E-state index contributed by atoms with van der Waals surface area (Å²) in [5.74, 6) is -0.789. The SMILES string of the molecule is CCC1(C(=O)NCc2ccc(/C=C/C(=O)O)s2)CCCC1. The number of carbonyl (C=O) groups is 2. The molecule has 1 aromatic heterocycles. The number of hydrogen-bond acceptors (Lipinski definition) is 3. The van der Waals surface area contributed by atoms with Crippen molar-refractivity contribution < 1.29 is 14.7 Å². The molecule has 1 aromatic rings. The van der Waals surface area contributed by atoms with Crippen LogP contribution in [0.15, 0.2) is 18.2 Å². The van der Waals surface area contributed by atoms with Gasteiger partial charge in [-0.05, 0) is 37.5 Å². The predicted molar refractivity (Wildman–Crippen MR) is 84.0 cm³/mol. The van der Waals surface area contributed by atoms with E-state index >= 15 is 0 Å². The van der Waals surface area contributed by atoms with E-state index in [1.165, 1.54) is 11.3 Å². The number of thiophene rings is 1. The molecule has 0 aliphatic heterocycles. The van der Waals surface area contributed by atoms with Crippen LogP contribution in [-0.2, 0) is 16.1 Å². The predicted octanol–water partition coefficient (Wildman–Crippen LogP) is 3.43. The minimum Gasteiger partial charge on any atom is -0.478 e. The van der Waals surface area contributed by atoms with Crippen LogP contribution in [0.5, 0.6) is 0 Å². The molecule has 114 valence electrons. The number of hydrogen-bond donors (Lipinski definition) is 2. The fraction of sp³-hybridized carbons (Fsp3) is 0.500. The van der Waals surface area contributed by atoms with E-state index in [0.717, 1.165) is 47.9 Å². The van der Waals surface area contributed by atoms with E-state index in [0.29, 0.717) is 6.54 Å². The third-order valence-corrected chi connectivity index (χ3v) is 5.27. The Labute approximate surface area is 128 Å². The highest BCUT2D eigenvalue weighted by Gasteiger charge is 2.38. The molecule has 0 unspecified atom stereocenters. The topological polar surface area (TPSA) is 66.4 Å². The minimum atomic E-state index is -0.954. The Hall–Kier alpha value is -1.62. The van der Waals surface area contributed by atoms with E-state index in [-0.39, 0.29) is 11.3 Å². The van der Waals surface area contributed by atoms with E-state index in [1.54, 1.807) is 6.08 Å². The molecule has 21 heavy (non-hydrogen) atoms. The van der Waals surface area contributed by atoms with Crippen molar-refractivity contribution in [2.45, 2.75) is 45.6 Å².